The van der Waals surface area contributed by atoms with Gasteiger partial charge in [-0.05, 0) is 12.1 Å². The zero-order valence-electron chi connectivity index (χ0n) is 10.3. The van der Waals surface area contributed by atoms with Crippen molar-refractivity contribution < 1.29 is 19.1 Å². The Balaban J connectivity index is 1.85. The fourth-order valence-corrected chi connectivity index (χ4v) is 1.84. The maximum Gasteiger partial charge on any atom is 0.314 e. The molecule has 2 rings (SSSR count). The van der Waals surface area contributed by atoms with Crippen LogP contribution < -0.4 is 5.32 Å². The first-order chi connectivity index (χ1) is 9.65. The second-order valence-corrected chi connectivity index (χ2v) is 4.62. The fraction of sp³-hybridized carbons (Fsp3) is 0.167. The van der Waals surface area contributed by atoms with Gasteiger partial charge in [0, 0.05) is 5.56 Å². The molecule has 0 unspecified atom stereocenters. The van der Waals surface area contributed by atoms with Gasteiger partial charge in [0.2, 0.25) is 5.89 Å². The summed E-state index contributed by atoms with van der Waals surface area (Å²) >= 11 is 0.927. The number of hydrogen-bond donors (Lipinski definition) is 2. The van der Waals surface area contributed by atoms with Crippen molar-refractivity contribution in [3.8, 4) is 0 Å². The highest BCUT2D eigenvalue weighted by Gasteiger charge is 2.10. The zero-order valence-corrected chi connectivity index (χ0v) is 11.1. The van der Waals surface area contributed by atoms with Gasteiger partial charge < -0.3 is 14.8 Å². The van der Waals surface area contributed by atoms with E-state index >= 15 is 0 Å². The van der Waals surface area contributed by atoms with Crippen LogP contribution in [0.3, 0.4) is 0 Å². The predicted molar refractivity (Wildman–Crippen MR) is 70.3 cm³/mol. The van der Waals surface area contributed by atoms with Gasteiger partial charge in [-0.2, -0.15) is 0 Å². The lowest BCUT2D eigenvalue weighted by Crippen LogP contribution is -2.22. The van der Waals surface area contributed by atoms with Crippen LogP contribution in [0.25, 0.3) is 0 Å². The Morgan fingerprint density at radius 2 is 2.00 bits per heavy atom. The second kappa shape index (κ2) is 6.71. The SMILES string of the molecule is O=C(O)CSc1nnc(CNC(=O)c2ccccc2)o1. The van der Waals surface area contributed by atoms with Gasteiger partial charge in [0.15, 0.2) is 0 Å². The lowest BCUT2D eigenvalue weighted by Gasteiger charge is -2.01. The Kier molecular flexibility index (Phi) is 4.72. The van der Waals surface area contributed by atoms with Crippen LogP contribution in [0.5, 0.6) is 0 Å². The van der Waals surface area contributed by atoms with Gasteiger partial charge in [-0.15, -0.1) is 10.2 Å². The van der Waals surface area contributed by atoms with Crippen molar-refractivity contribution in [1.82, 2.24) is 15.5 Å². The normalized spacial score (nSPS) is 10.2. The molecule has 0 radical (unpaired) electrons. The van der Waals surface area contributed by atoms with Crippen molar-refractivity contribution in [2.75, 3.05) is 5.75 Å². The fourth-order valence-electron chi connectivity index (χ4n) is 1.34. The molecule has 0 spiro atoms. The minimum Gasteiger partial charge on any atom is -0.481 e. The van der Waals surface area contributed by atoms with Gasteiger partial charge >= 0.3 is 5.97 Å². The minimum atomic E-state index is -0.966. The van der Waals surface area contributed by atoms with Gasteiger partial charge in [0.25, 0.3) is 11.1 Å². The number of nitrogens with zero attached hydrogens (tertiary/aromatic N) is 2. The molecular formula is C12H11N3O4S. The Hall–Kier alpha value is -2.35. The van der Waals surface area contributed by atoms with E-state index in [2.05, 4.69) is 15.5 Å². The largest absolute Gasteiger partial charge is 0.481 e. The van der Waals surface area contributed by atoms with E-state index in [1.807, 2.05) is 6.07 Å². The van der Waals surface area contributed by atoms with Crippen LogP contribution in [0.2, 0.25) is 0 Å². The van der Waals surface area contributed by atoms with Gasteiger partial charge in [0.05, 0.1) is 6.54 Å². The van der Waals surface area contributed by atoms with Crippen LogP contribution in [-0.2, 0) is 11.3 Å². The highest BCUT2D eigenvalue weighted by molar-refractivity contribution is 7.99. The number of carbonyl (C=O) groups excluding carboxylic acids is 1. The maximum absolute atomic E-state index is 11.8. The van der Waals surface area contributed by atoms with Crippen molar-refractivity contribution in [2.24, 2.45) is 0 Å². The Morgan fingerprint density at radius 1 is 1.25 bits per heavy atom. The molecule has 1 heterocycles. The summed E-state index contributed by atoms with van der Waals surface area (Å²) in [5.74, 6) is -1.14. The smallest absolute Gasteiger partial charge is 0.314 e. The molecule has 7 nitrogen and oxygen atoms in total. The number of amides is 1. The summed E-state index contributed by atoms with van der Waals surface area (Å²) < 4.78 is 5.18. The number of nitrogens with one attached hydrogen (secondary N) is 1. The minimum absolute atomic E-state index is 0.0916. The van der Waals surface area contributed by atoms with Crippen LogP contribution in [0.15, 0.2) is 40.0 Å². The number of aliphatic carboxylic acids is 1. The topological polar surface area (TPSA) is 105 Å². The molecule has 2 N–H and O–H groups in total. The molecule has 20 heavy (non-hydrogen) atoms. The van der Waals surface area contributed by atoms with Gasteiger partial charge in [-0.25, -0.2) is 0 Å². The first-order valence-corrected chi connectivity index (χ1v) is 6.64. The van der Waals surface area contributed by atoms with E-state index in [-0.39, 0.29) is 29.3 Å². The van der Waals surface area contributed by atoms with E-state index in [1.54, 1.807) is 24.3 Å². The molecule has 0 aliphatic carbocycles. The summed E-state index contributed by atoms with van der Waals surface area (Å²) in [6.07, 6.45) is 0. The molecular weight excluding hydrogens is 282 g/mol. The number of benzene rings is 1. The van der Waals surface area contributed by atoms with Crippen LogP contribution in [0.1, 0.15) is 16.2 Å². The zero-order chi connectivity index (χ0) is 14.4. The summed E-state index contributed by atoms with van der Waals surface area (Å²) in [6.45, 7) is 0.0916. The third-order valence-corrected chi connectivity index (χ3v) is 3.01. The number of carboxylic acid groups (broad SMARTS) is 1. The number of carboxylic acids is 1. The number of aromatic nitrogens is 2. The van der Waals surface area contributed by atoms with E-state index in [0.717, 1.165) is 11.8 Å². The number of hydrogen-bond acceptors (Lipinski definition) is 6. The molecule has 1 aromatic heterocycles. The number of rotatable bonds is 6. The lowest BCUT2D eigenvalue weighted by atomic mass is 10.2. The van der Waals surface area contributed by atoms with Crippen LogP contribution >= 0.6 is 11.8 Å². The third-order valence-electron chi connectivity index (χ3n) is 2.20. The van der Waals surface area contributed by atoms with Crippen molar-refractivity contribution in [3.05, 3.63) is 41.8 Å². The van der Waals surface area contributed by atoms with Crippen molar-refractivity contribution in [3.63, 3.8) is 0 Å². The van der Waals surface area contributed by atoms with E-state index in [1.165, 1.54) is 0 Å². The van der Waals surface area contributed by atoms with E-state index in [0.29, 0.717) is 5.56 Å². The molecule has 2 aromatic rings. The highest BCUT2D eigenvalue weighted by Crippen LogP contribution is 2.15. The number of carbonyl (C=O) groups is 2. The molecule has 0 fully saturated rings. The Labute approximate surface area is 118 Å². The number of thioether (sulfide) groups is 1. The summed E-state index contributed by atoms with van der Waals surface area (Å²) in [4.78, 5) is 22.1. The first kappa shape index (κ1) is 14.1. The van der Waals surface area contributed by atoms with Crippen LogP contribution in [0, 0.1) is 0 Å². The lowest BCUT2D eigenvalue weighted by molar-refractivity contribution is -0.133. The predicted octanol–water partition coefficient (Wildman–Crippen LogP) is 1.18. The summed E-state index contributed by atoms with van der Waals surface area (Å²) in [6, 6.07) is 8.74. The van der Waals surface area contributed by atoms with E-state index < -0.39 is 5.97 Å². The quantitative estimate of drug-likeness (QED) is 0.770. The van der Waals surface area contributed by atoms with Crippen LogP contribution in [-0.4, -0.2) is 32.9 Å². The molecule has 104 valence electrons. The summed E-state index contributed by atoms with van der Waals surface area (Å²) in [7, 11) is 0. The maximum atomic E-state index is 11.8. The molecule has 0 atom stereocenters. The molecule has 0 aliphatic rings. The summed E-state index contributed by atoms with van der Waals surface area (Å²) in [5, 5.41) is 18.7. The van der Waals surface area contributed by atoms with Crippen LogP contribution in [0.4, 0.5) is 0 Å². The molecule has 0 aliphatic heterocycles. The van der Waals surface area contributed by atoms with E-state index in [4.69, 9.17) is 9.52 Å². The second-order valence-electron chi connectivity index (χ2n) is 3.69. The van der Waals surface area contributed by atoms with Crippen molar-refractivity contribution in [1.29, 1.82) is 0 Å². The molecule has 0 saturated heterocycles. The highest BCUT2D eigenvalue weighted by atomic mass is 32.2. The average Bonchev–Trinajstić information content (AvgIpc) is 2.91. The van der Waals surface area contributed by atoms with Gasteiger partial charge in [0.1, 0.15) is 5.75 Å². The first-order valence-electron chi connectivity index (χ1n) is 5.65. The molecule has 1 aromatic carbocycles. The van der Waals surface area contributed by atoms with Crippen molar-refractivity contribution >= 4 is 23.6 Å². The van der Waals surface area contributed by atoms with E-state index in [9.17, 15) is 9.59 Å². The van der Waals surface area contributed by atoms with Crippen molar-refractivity contribution in [2.45, 2.75) is 11.8 Å². The molecule has 8 heteroatoms. The molecule has 0 saturated carbocycles. The Morgan fingerprint density at radius 3 is 2.70 bits per heavy atom. The monoisotopic (exact) mass is 293 g/mol. The Bertz CT molecular complexity index is 600. The third kappa shape index (κ3) is 4.09. The standard InChI is InChI=1S/C12H11N3O4S/c16-10(17)7-20-12-15-14-9(19-12)6-13-11(18)8-4-2-1-3-5-8/h1-5H,6-7H2,(H,13,18)(H,16,17). The average molecular weight is 293 g/mol. The summed E-state index contributed by atoms with van der Waals surface area (Å²) in [5.41, 5.74) is 0.535. The van der Waals surface area contributed by atoms with Gasteiger partial charge in [-0.3, -0.25) is 9.59 Å². The molecule has 0 bridgehead atoms. The van der Waals surface area contributed by atoms with Gasteiger partial charge in [-0.1, -0.05) is 30.0 Å². The molecule has 1 amide bonds.